The third-order valence-corrected chi connectivity index (χ3v) is 3.00. The lowest BCUT2D eigenvalue weighted by Gasteiger charge is -2.22. The molecular weight excluding hydrogens is 254 g/mol. The monoisotopic (exact) mass is 261 g/mol. The van der Waals surface area contributed by atoms with Crippen LogP contribution < -0.4 is 10.1 Å². The maximum Gasteiger partial charge on any atom is 0.152 e. The molecule has 0 atom stereocenters. The first-order valence-corrected chi connectivity index (χ1v) is 5.46. The van der Waals surface area contributed by atoms with Crippen molar-refractivity contribution in [3.63, 3.8) is 0 Å². The Morgan fingerprint density at radius 3 is 2.67 bits per heavy atom. The van der Waals surface area contributed by atoms with Gasteiger partial charge in [0.05, 0.1) is 11.4 Å². The molecule has 0 fully saturated rings. The summed E-state index contributed by atoms with van der Waals surface area (Å²) in [5.74, 6) is 1.71. The number of nitrogens with one attached hydrogen (secondary N) is 1. The van der Waals surface area contributed by atoms with Crippen molar-refractivity contribution in [3.05, 3.63) is 46.9 Å². The van der Waals surface area contributed by atoms with Crippen LogP contribution in [0.25, 0.3) is 0 Å². The predicted molar refractivity (Wildman–Crippen MR) is 63.9 cm³/mol. The second-order valence-electron chi connectivity index (χ2n) is 3.34. The summed E-state index contributed by atoms with van der Waals surface area (Å²) in [5, 5.41) is 3.34. The number of rotatable bonds is 0. The van der Waals surface area contributed by atoms with Gasteiger partial charge in [0.2, 0.25) is 0 Å². The minimum absolute atomic E-state index is 0.850. The molecule has 0 radical (unpaired) electrons. The minimum atomic E-state index is 0.850. The van der Waals surface area contributed by atoms with Crippen molar-refractivity contribution >= 4 is 27.3 Å². The molecule has 2 nitrogen and oxygen atoms in total. The fourth-order valence-corrected chi connectivity index (χ4v) is 2.07. The van der Waals surface area contributed by atoms with E-state index in [4.69, 9.17) is 4.74 Å². The summed E-state index contributed by atoms with van der Waals surface area (Å²) in [6.45, 7) is 0. The van der Waals surface area contributed by atoms with Crippen LogP contribution in [0.15, 0.2) is 46.9 Å². The Morgan fingerprint density at radius 1 is 0.933 bits per heavy atom. The molecule has 2 aromatic carbocycles. The van der Waals surface area contributed by atoms with Crippen LogP contribution in [0.1, 0.15) is 0 Å². The summed E-state index contributed by atoms with van der Waals surface area (Å²) < 4.78 is 6.77. The van der Waals surface area contributed by atoms with E-state index in [-0.39, 0.29) is 0 Å². The summed E-state index contributed by atoms with van der Waals surface area (Å²) in [6, 6.07) is 13.8. The molecule has 1 N–H and O–H groups in total. The molecule has 3 rings (SSSR count). The van der Waals surface area contributed by atoms with Crippen LogP contribution in [-0.4, -0.2) is 0 Å². The number of fused-ring (bicyclic) bond motifs is 2. The fourth-order valence-electron chi connectivity index (χ4n) is 1.62. The van der Waals surface area contributed by atoms with Crippen molar-refractivity contribution in [1.82, 2.24) is 0 Å². The first kappa shape index (κ1) is 8.80. The van der Waals surface area contributed by atoms with Gasteiger partial charge in [-0.2, -0.15) is 0 Å². The Hall–Kier alpha value is -1.48. The van der Waals surface area contributed by atoms with Gasteiger partial charge >= 0.3 is 0 Å². The maximum absolute atomic E-state index is 5.77. The molecule has 0 aliphatic carbocycles. The zero-order chi connectivity index (χ0) is 10.3. The van der Waals surface area contributed by atoms with E-state index in [0.29, 0.717) is 0 Å². The molecule has 1 aliphatic heterocycles. The zero-order valence-electron chi connectivity index (χ0n) is 7.83. The first-order chi connectivity index (χ1) is 7.34. The van der Waals surface area contributed by atoms with Gasteiger partial charge in [-0.3, -0.25) is 0 Å². The number of para-hydroxylation sites is 3. The van der Waals surface area contributed by atoms with Crippen LogP contribution in [0.4, 0.5) is 11.4 Å². The molecule has 15 heavy (non-hydrogen) atoms. The van der Waals surface area contributed by atoms with Crippen molar-refractivity contribution in [2.75, 3.05) is 5.32 Å². The smallest absolute Gasteiger partial charge is 0.152 e. The van der Waals surface area contributed by atoms with E-state index in [1.54, 1.807) is 0 Å². The third kappa shape index (κ3) is 1.39. The highest BCUT2D eigenvalue weighted by molar-refractivity contribution is 9.10. The summed E-state index contributed by atoms with van der Waals surface area (Å²) in [4.78, 5) is 0. The SMILES string of the molecule is Brc1cccc2c1Nc1ccccc1O2. The molecule has 0 aromatic heterocycles. The molecule has 0 saturated heterocycles. The first-order valence-electron chi connectivity index (χ1n) is 4.67. The van der Waals surface area contributed by atoms with Crippen molar-refractivity contribution in [3.8, 4) is 11.5 Å². The van der Waals surface area contributed by atoms with Gasteiger partial charge in [-0.15, -0.1) is 0 Å². The highest BCUT2D eigenvalue weighted by Crippen LogP contribution is 2.44. The number of benzene rings is 2. The van der Waals surface area contributed by atoms with Gasteiger partial charge in [-0.25, -0.2) is 0 Å². The average Bonchev–Trinajstić information content (AvgIpc) is 2.27. The standard InChI is InChI=1S/C12H8BrNO/c13-8-4-3-7-11-12(8)14-9-5-1-2-6-10(9)15-11/h1-7,14H. The molecule has 0 spiro atoms. The van der Waals surface area contributed by atoms with Gasteiger partial charge in [-0.05, 0) is 40.2 Å². The van der Waals surface area contributed by atoms with E-state index in [1.807, 2.05) is 42.5 Å². The molecule has 1 heterocycles. The lowest BCUT2D eigenvalue weighted by atomic mass is 10.2. The van der Waals surface area contributed by atoms with Crippen molar-refractivity contribution in [1.29, 1.82) is 0 Å². The van der Waals surface area contributed by atoms with Crippen molar-refractivity contribution in [2.24, 2.45) is 0 Å². The number of ether oxygens (including phenoxy) is 1. The second-order valence-corrected chi connectivity index (χ2v) is 4.19. The Balaban J connectivity index is 2.15. The number of halogens is 1. The predicted octanol–water partition coefficient (Wildman–Crippen LogP) is 4.30. The van der Waals surface area contributed by atoms with Crippen LogP contribution >= 0.6 is 15.9 Å². The average molecular weight is 262 g/mol. The maximum atomic E-state index is 5.77. The molecule has 74 valence electrons. The van der Waals surface area contributed by atoms with E-state index >= 15 is 0 Å². The highest BCUT2D eigenvalue weighted by atomic mass is 79.9. The molecular formula is C12H8BrNO. The van der Waals surface area contributed by atoms with Crippen LogP contribution in [0, 0.1) is 0 Å². The molecule has 2 aromatic rings. The topological polar surface area (TPSA) is 21.3 Å². The normalized spacial score (nSPS) is 12.1. The third-order valence-electron chi connectivity index (χ3n) is 2.34. The fraction of sp³-hybridized carbons (Fsp3) is 0. The number of anilines is 2. The van der Waals surface area contributed by atoms with E-state index in [1.165, 1.54) is 0 Å². The summed E-state index contributed by atoms with van der Waals surface area (Å²) >= 11 is 3.49. The Labute approximate surface area is 96.0 Å². The Kier molecular flexibility index (Phi) is 1.92. The summed E-state index contributed by atoms with van der Waals surface area (Å²) in [6.07, 6.45) is 0. The molecule has 0 amide bonds. The van der Waals surface area contributed by atoms with E-state index < -0.39 is 0 Å². The largest absolute Gasteiger partial charge is 0.453 e. The molecule has 0 saturated carbocycles. The van der Waals surface area contributed by atoms with Crippen LogP contribution in [0.3, 0.4) is 0 Å². The van der Waals surface area contributed by atoms with Gasteiger partial charge in [0.25, 0.3) is 0 Å². The highest BCUT2D eigenvalue weighted by Gasteiger charge is 2.17. The Morgan fingerprint density at radius 2 is 1.73 bits per heavy atom. The number of hydrogen-bond acceptors (Lipinski definition) is 2. The lowest BCUT2D eigenvalue weighted by molar-refractivity contribution is 0.481. The van der Waals surface area contributed by atoms with Crippen LogP contribution in [0.2, 0.25) is 0 Å². The van der Waals surface area contributed by atoms with Gasteiger partial charge in [-0.1, -0.05) is 18.2 Å². The van der Waals surface area contributed by atoms with Crippen LogP contribution in [-0.2, 0) is 0 Å². The van der Waals surface area contributed by atoms with Gasteiger partial charge in [0.1, 0.15) is 0 Å². The Bertz CT molecular complexity index is 525. The summed E-state index contributed by atoms with van der Waals surface area (Å²) in [5.41, 5.74) is 1.98. The number of hydrogen-bond donors (Lipinski definition) is 1. The van der Waals surface area contributed by atoms with Crippen LogP contribution in [0.5, 0.6) is 11.5 Å². The second kappa shape index (κ2) is 3.28. The van der Waals surface area contributed by atoms with Crippen molar-refractivity contribution < 1.29 is 4.74 Å². The molecule has 0 unspecified atom stereocenters. The van der Waals surface area contributed by atoms with E-state index in [2.05, 4.69) is 21.2 Å². The quantitative estimate of drug-likeness (QED) is 0.652. The lowest BCUT2D eigenvalue weighted by Crippen LogP contribution is -2.02. The van der Waals surface area contributed by atoms with E-state index in [9.17, 15) is 0 Å². The van der Waals surface area contributed by atoms with Gasteiger partial charge < -0.3 is 10.1 Å². The minimum Gasteiger partial charge on any atom is -0.453 e. The molecule has 1 aliphatic rings. The van der Waals surface area contributed by atoms with E-state index in [0.717, 1.165) is 27.3 Å². The van der Waals surface area contributed by atoms with Gasteiger partial charge in [0.15, 0.2) is 11.5 Å². The molecule has 3 heteroatoms. The summed E-state index contributed by atoms with van der Waals surface area (Å²) in [7, 11) is 0. The van der Waals surface area contributed by atoms with Crippen molar-refractivity contribution in [2.45, 2.75) is 0 Å². The van der Waals surface area contributed by atoms with Gasteiger partial charge in [0, 0.05) is 4.47 Å². The zero-order valence-corrected chi connectivity index (χ0v) is 9.41. The molecule has 0 bridgehead atoms.